The number of ether oxygens (including phenoxy) is 2. The van der Waals surface area contributed by atoms with Crippen molar-refractivity contribution >= 4 is 38.8 Å². The van der Waals surface area contributed by atoms with Crippen molar-refractivity contribution in [3.05, 3.63) is 204 Å². The van der Waals surface area contributed by atoms with Crippen LogP contribution in [0.5, 0.6) is 23.0 Å². The van der Waals surface area contributed by atoms with Crippen LogP contribution in [0.15, 0.2) is 182 Å². The van der Waals surface area contributed by atoms with Gasteiger partial charge >= 0.3 is 0 Å². The molecule has 8 rings (SSSR count). The van der Waals surface area contributed by atoms with Gasteiger partial charge in [-0.05, 0) is 113 Å². The van der Waals surface area contributed by atoms with Gasteiger partial charge < -0.3 is 20.5 Å². The van der Waals surface area contributed by atoms with Gasteiger partial charge in [0.25, 0.3) is 5.91 Å². The summed E-state index contributed by atoms with van der Waals surface area (Å²) in [6.45, 7) is 2.07. The molecular weight excluding hydrogens is 681 g/mol. The van der Waals surface area contributed by atoms with Gasteiger partial charge in [-0.1, -0.05) is 103 Å². The molecule has 0 aliphatic heterocycles. The second-order valence-electron chi connectivity index (χ2n) is 12.4. The molecule has 0 bridgehead atoms. The van der Waals surface area contributed by atoms with Crippen molar-refractivity contribution in [2.45, 2.75) is 6.92 Å². The Kier molecular flexibility index (Phi) is 12.1. The number of hydrogen-bond acceptors (Lipinski definition) is 6. The van der Waals surface area contributed by atoms with E-state index >= 15 is 0 Å². The highest BCUT2D eigenvalue weighted by Gasteiger charge is 2.09. The Labute approximate surface area is 320 Å². The highest BCUT2D eigenvalue weighted by Crippen LogP contribution is 2.27. The molecule has 0 heterocycles. The third kappa shape index (κ3) is 10.1. The van der Waals surface area contributed by atoms with Crippen LogP contribution in [0.2, 0.25) is 0 Å². The van der Waals surface area contributed by atoms with Crippen LogP contribution in [-0.2, 0) is 0 Å². The van der Waals surface area contributed by atoms with E-state index in [9.17, 15) is 4.79 Å². The molecule has 7 nitrogen and oxygen atoms in total. The maximum absolute atomic E-state index is 12.4. The molecule has 0 aromatic heterocycles. The van der Waals surface area contributed by atoms with Crippen LogP contribution >= 0.6 is 0 Å². The largest absolute Gasteiger partial charge is 0.457 e. The average Bonchev–Trinajstić information content (AvgIpc) is 3.23. The lowest BCUT2D eigenvalue weighted by Crippen LogP contribution is -2.12. The summed E-state index contributed by atoms with van der Waals surface area (Å²) in [5, 5.41) is 25.0. The fourth-order valence-electron chi connectivity index (χ4n) is 5.50. The number of hydrogen-bond donors (Lipinski definition) is 2. The Bertz CT molecular complexity index is 2640. The van der Waals surface area contributed by atoms with Crippen LogP contribution in [0.1, 0.15) is 27.0 Å². The van der Waals surface area contributed by atoms with Gasteiger partial charge in [-0.3, -0.25) is 4.79 Å². The molecule has 0 fully saturated rings. The van der Waals surface area contributed by atoms with E-state index < -0.39 is 0 Å². The minimum absolute atomic E-state index is 0.278. The van der Waals surface area contributed by atoms with E-state index in [0.717, 1.165) is 28.0 Å². The summed E-state index contributed by atoms with van der Waals surface area (Å²) in [6, 6.07) is 61.3. The summed E-state index contributed by atoms with van der Waals surface area (Å²) < 4.78 is 11.7. The van der Waals surface area contributed by atoms with Gasteiger partial charge in [0, 0.05) is 11.3 Å². The number of nitrogens with one attached hydrogen (secondary N) is 1. The molecule has 266 valence electrons. The lowest BCUT2D eigenvalue weighted by Gasteiger charge is -2.09. The number of nitrogens with two attached hydrogens (primary N) is 1. The summed E-state index contributed by atoms with van der Waals surface area (Å²) in [5.41, 5.74) is 9.13. The van der Waals surface area contributed by atoms with E-state index in [4.69, 9.17) is 25.7 Å². The quantitative estimate of drug-likeness (QED) is 0.165. The number of fused-ring (bicyclic) bond motifs is 2. The number of para-hydroxylation sites is 2. The molecule has 0 radical (unpaired) electrons. The van der Waals surface area contributed by atoms with Gasteiger partial charge in [-0.2, -0.15) is 10.5 Å². The fraction of sp³-hybridized carbons (Fsp3) is 0.0208. The molecule has 8 aromatic carbocycles. The molecule has 0 saturated heterocycles. The summed E-state index contributed by atoms with van der Waals surface area (Å²) >= 11 is 0. The molecule has 0 unspecified atom stereocenters. The maximum Gasteiger partial charge on any atom is 0.255 e. The number of rotatable bonds is 6. The lowest BCUT2D eigenvalue weighted by molar-refractivity contribution is 0.102. The highest BCUT2D eigenvalue weighted by molar-refractivity contribution is 6.05. The smallest absolute Gasteiger partial charge is 0.255 e. The van der Waals surface area contributed by atoms with Crippen LogP contribution in [0.3, 0.4) is 0 Å². The van der Waals surface area contributed by atoms with Crippen LogP contribution in [0.4, 0.5) is 11.4 Å². The molecule has 0 saturated carbocycles. The number of nitrogens with zero attached hydrogens (tertiary/aromatic N) is 2. The van der Waals surface area contributed by atoms with Gasteiger partial charge in [-0.15, -0.1) is 0 Å². The monoisotopic (exact) mass is 716 g/mol. The molecule has 55 heavy (non-hydrogen) atoms. The van der Waals surface area contributed by atoms with Crippen LogP contribution in [-0.4, -0.2) is 5.91 Å². The predicted molar refractivity (Wildman–Crippen MR) is 220 cm³/mol. The number of benzene rings is 8. The molecule has 3 N–H and O–H groups in total. The zero-order valence-electron chi connectivity index (χ0n) is 30.0. The third-order valence-electron chi connectivity index (χ3n) is 8.43. The molecule has 0 spiro atoms. The summed E-state index contributed by atoms with van der Waals surface area (Å²) in [5.74, 6) is 2.84. The average molecular weight is 717 g/mol. The number of aryl methyl sites for hydroxylation is 1. The van der Waals surface area contributed by atoms with E-state index in [0.29, 0.717) is 33.8 Å². The molecule has 0 aliphatic rings. The normalized spacial score (nSPS) is 10.0. The molecule has 8 aromatic rings. The van der Waals surface area contributed by atoms with Gasteiger partial charge in [-0.25, -0.2) is 0 Å². The Hall–Kier alpha value is -7.87. The van der Waals surface area contributed by atoms with E-state index in [-0.39, 0.29) is 5.91 Å². The molecule has 0 aliphatic carbocycles. The first-order valence-corrected chi connectivity index (χ1v) is 17.4. The zero-order valence-corrected chi connectivity index (χ0v) is 30.0. The van der Waals surface area contributed by atoms with Crippen molar-refractivity contribution in [3.8, 4) is 35.1 Å². The first-order valence-electron chi connectivity index (χ1n) is 17.4. The van der Waals surface area contributed by atoms with Crippen molar-refractivity contribution in [1.29, 1.82) is 10.5 Å². The van der Waals surface area contributed by atoms with Crippen LogP contribution in [0.25, 0.3) is 21.5 Å². The highest BCUT2D eigenvalue weighted by atomic mass is 16.5. The number of nitrogen functional groups attached to an aromatic ring is 1. The molecular formula is C48H36N4O3. The Balaban J connectivity index is 0.000000162. The van der Waals surface area contributed by atoms with Crippen molar-refractivity contribution < 1.29 is 14.3 Å². The van der Waals surface area contributed by atoms with Crippen molar-refractivity contribution in [1.82, 2.24) is 0 Å². The standard InChI is InChI=1S/C24H16N2O2.C17H14O.C7H6N2/c25-16-20-7-3-4-8-23(20)26-24(27)18-10-12-21(13-11-18)28-22-14-9-17-5-1-2-6-19(17)15-22;1-13-6-9-16(10-7-13)18-17-11-8-14-4-2-3-5-15(14)12-17;8-5-6-3-1-2-4-7(6)9/h1-15H,(H,26,27);2-12H,1H3;1-4H,9H2. The number of amides is 1. The van der Waals surface area contributed by atoms with Crippen molar-refractivity contribution in [2.24, 2.45) is 0 Å². The molecule has 0 atom stereocenters. The number of anilines is 2. The van der Waals surface area contributed by atoms with Crippen LogP contribution in [0, 0.1) is 29.6 Å². The Morgan fingerprint density at radius 2 is 0.945 bits per heavy atom. The topological polar surface area (TPSA) is 121 Å². The van der Waals surface area contributed by atoms with E-state index in [1.807, 2.05) is 72.8 Å². The van der Waals surface area contributed by atoms with Gasteiger partial charge in [0.1, 0.15) is 35.1 Å². The van der Waals surface area contributed by atoms with Gasteiger partial charge in [0.15, 0.2) is 0 Å². The SMILES string of the molecule is Cc1ccc(Oc2ccc3ccccc3c2)cc1.N#Cc1ccccc1N.N#Cc1ccccc1NC(=O)c1ccc(Oc2ccc3ccccc3c2)cc1. The first kappa shape index (κ1) is 36.9. The number of nitriles is 2. The third-order valence-corrected chi connectivity index (χ3v) is 8.43. The molecule has 1 amide bonds. The second-order valence-corrected chi connectivity index (χ2v) is 12.4. The number of carbonyl (C=O) groups is 1. The fourth-order valence-corrected chi connectivity index (χ4v) is 5.50. The van der Waals surface area contributed by atoms with E-state index in [2.05, 4.69) is 60.8 Å². The zero-order chi connectivity index (χ0) is 38.4. The minimum atomic E-state index is -0.278. The Morgan fingerprint density at radius 1 is 0.509 bits per heavy atom. The van der Waals surface area contributed by atoms with E-state index in [1.54, 1.807) is 72.8 Å². The summed E-state index contributed by atoms with van der Waals surface area (Å²) in [7, 11) is 0. The summed E-state index contributed by atoms with van der Waals surface area (Å²) in [6.07, 6.45) is 0. The molecule has 7 heteroatoms. The van der Waals surface area contributed by atoms with Crippen LogP contribution < -0.4 is 20.5 Å². The maximum atomic E-state index is 12.4. The lowest BCUT2D eigenvalue weighted by atomic mass is 10.1. The van der Waals surface area contributed by atoms with E-state index in [1.165, 1.54) is 16.3 Å². The van der Waals surface area contributed by atoms with Crippen molar-refractivity contribution in [3.63, 3.8) is 0 Å². The van der Waals surface area contributed by atoms with Gasteiger partial charge in [0.2, 0.25) is 0 Å². The Morgan fingerprint density at radius 3 is 1.45 bits per heavy atom. The number of carbonyl (C=O) groups excluding carboxylic acids is 1. The minimum Gasteiger partial charge on any atom is -0.457 e. The summed E-state index contributed by atoms with van der Waals surface area (Å²) in [4.78, 5) is 12.4. The van der Waals surface area contributed by atoms with Crippen molar-refractivity contribution in [2.75, 3.05) is 11.1 Å². The van der Waals surface area contributed by atoms with Gasteiger partial charge in [0.05, 0.1) is 16.8 Å². The predicted octanol–water partition coefficient (Wildman–Crippen LogP) is 11.8. The first-order chi connectivity index (χ1) is 26.9. The second kappa shape index (κ2) is 18.1.